The van der Waals surface area contributed by atoms with Crippen LogP contribution in [-0.2, 0) is 17.1 Å². The van der Waals surface area contributed by atoms with Gasteiger partial charge in [-0.25, -0.2) is 18.5 Å². The van der Waals surface area contributed by atoms with Crippen LogP contribution >= 0.6 is 11.6 Å². The van der Waals surface area contributed by atoms with Gasteiger partial charge in [0.2, 0.25) is 10.0 Å². The molecule has 0 fully saturated rings. The fourth-order valence-corrected chi connectivity index (χ4v) is 2.32. The fourth-order valence-electron chi connectivity index (χ4n) is 1.49. The van der Waals surface area contributed by atoms with Crippen LogP contribution in [0.3, 0.4) is 0 Å². The van der Waals surface area contributed by atoms with Crippen molar-refractivity contribution in [3.05, 3.63) is 41.4 Å². The second kappa shape index (κ2) is 5.23. The van der Waals surface area contributed by atoms with Crippen LogP contribution in [0.2, 0.25) is 5.02 Å². The van der Waals surface area contributed by atoms with Gasteiger partial charge in [-0.2, -0.15) is 0 Å². The van der Waals surface area contributed by atoms with Gasteiger partial charge in [-0.3, -0.25) is 4.79 Å². The van der Waals surface area contributed by atoms with E-state index in [1.165, 1.54) is 24.5 Å². The van der Waals surface area contributed by atoms with Crippen LogP contribution < -0.4 is 10.5 Å². The summed E-state index contributed by atoms with van der Waals surface area (Å²) >= 11 is 5.91. The van der Waals surface area contributed by atoms with E-state index in [-0.39, 0.29) is 21.3 Å². The van der Waals surface area contributed by atoms with Crippen LogP contribution in [0.1, 0.15) is 10.5 Å². The number of nitrogens with two attached hydrogens (primary N) is 1. The van der Waals surface area contributed by atoms with E-state index < -0.39 is 15.9 Å². The Balaban J connectivity index is 2.25. The van der Waals surface area contributed by atoms with Gasteiger partial charge in [-0.1, -0.05) is 11.6 Å². The largest absolute Gasteiger partial charge is 0.340 e. The molecule has 0 saturated heterocycles. The average Bonchev–Trinajstić information content (AvgIpc) is 2.77. The highest BCUT2D eigenvalue weighted by molar-refractivity contribution is 7.89. The molecule has 106 valence electrons. The first-order valence-electron chi connectivity index (χ1n) is 5.39. The molecule has 1 amide bonds. The second-order valence-electron chi connectivity index (χ2n) is 4.07. The maximum absolute atomic E-state index is 11.9. The summed E-state index contributed by atoms with van der Waals surface area (Å²) < 4.78 is 23.9. The van der Waals surface area contributed by atoms with Gasteiger partial charge >= 0.3 is 0 Å². The minimum Gasteiger partial charge on any atom is -0.340 e. The quantitative estimate of drug-likeness (QED) is 0.880. The number of anilines is 1. The van der Waals surface area contributed by atoms with Crippen molar-refractivity contribution in [3.63, 3.8) is 0 Å². The van der Waals surface area contributed by atoms with E-state index >= 15 is 0 Å². The normalized spacial score (nSPS) is 11.3. The maximum Gasteiger partial charge on any atom is 0.275 e. The summed E-state index contributed by atoms with van der Waals surface area (Å²) in [7, 11) is -2.10. The Morgan fingerprint density at radius 1 is 1.45 bits per heavy atom. The number of rotatable bonds is 3. The van der Waals surface area contributed by atoms with Gasteiger partial charge in [0, 0.05) is 13.2 Å². The number of nitrogens with zero attached hydrogens (tertiary/aromatic N) is 2. The lowest BCUT2D eigenvalue weighted by Crippen LogP contribution is -2.14. The average molecular weight is 315 g/mol. The molecule has 0 atom stereocenters. The molecule has 20 heavy (non-hydrogen) atoms. The van der Waals surface area contributed by atoms with E-state index in [4.69, 9.17) is 16.7 Å². The molecule has 7 nitrogen and oxygen atoms in total. The van der Waals surface area contributed by atoms with Crippen LogP contribution in [-0.4, -0.2) is 23.9 Å². The van der Waals surface area contributed by atoms with Crippen molar-refractivity contribution in [3.8, 4) is 0 Å². The lowest BCUT2D eigenvalue weighted by molar-refractivity contribution is 0.102. The molecule has 0 radical (unpaired) electrons. The highest BCUT2D eigenvalue weighted by Crippen LogP contribution is 2.25. The Morgan fingerprint density at radius 3 is 2.65 bits per heavy atom. The van der Waals surface area contributed by atoms with Crippen LogP contribution in [0.5, 0.6) is 0 Å². The number of hydrogen-bond acceptors (Lipinski definition) is 4. The zero-order valence-electron chi connectivity index (χ0n) is 10.4. The van der Waals surface area contributed by atoms with Gasteiger partial charge in [-0.15, -0.1) is 0 Å². The van der Waals surface area contributed by atoms with Gasteiger partial charge in [0.05, 0.1) is 21.9 Å². The summed E-state index contributed by atoms with van der Waals surface area (Å²) in [5.41, 5.74) is 0.494. The molecule has 1 aromatic heterocycles. The molecule has 0 aliphatic carbocycles. The number of aryl methyl sites for hydroxylation is 1. The summed E-state index contributed by atoms with van der Waals surface area (Å²) in [5.74, 6) is -0.448. The summed E-state index contributed by atoms with van der Waals surface area (Å²) in [4.78, 5) is 15.6. The number of carbonyl (C=O) groups excluding carboxylic acids is 1. The number of amides is 1. The number of halogens is 1. The lowest BCUT2D eigenvalue weighted by Gasteiger charge is -2.07. The first-order chi connectivity index (χ1) is 9.27. The zero-order chi connectivity index (χ0) is 14.9. The Morgan fingerprint density at radius 2 is 2.15 bits per heavy atom. The van der Waals surface area contributed by atoms with Crippen molar-refractivity contribution >= 4 is 33.2 Å². The topological polar surface area (TPSA) is 107 Å². The van der Waals surface area contributed by atoms with Gasteiger partial charge in [0.15, 0.2) is 0 Å². The van der Waals surface area contributed by atoms with Crippen molar-refractivity contribution in [1.82, 2.24) is 9.55 Å². The van der Waals surface area contributed by atoms with E-state index in [1.807, 2.05) is 0 Å². The SMILES string of the molecule is Cn1cnc(C(=O)Nc2ccc(S(N)(=O)=O)cc2Cl)c1. The van der Waals surface area contributed by atoms with E-state index in [1.54, 1.807) is 17.8 Å². The maximum atomic E-state index is 11.9. The molecule has 2 aromatic rings. The van der Waals surface area contributed by atoms with E-state index in [2.05, 4.69) is 10.3 Å². The van der Waals surface area contributed by atoms with E-state index in [0.717, 1.165) is 0 Å². The third-order valence-corrected chi connectivity index (χ3v) is 3.68. The number of aromatic nitrogens is 2. The molecule has 0 saturated carbocycles. The molecule has 0 unspecified atom stereocenters. The third kappa shape index (κ3) is 3.16. The zero-order valence-corrected chi connectivity index (χ0v) is 11.9. The standard InChI is InChI=1S/C11H11ClN4O3S/c1-16-5-10(14-6-16)11(17)15-9-3-2-7(4-8(9)12)20(13,18)19/h2-6H,1H3,(H,15,17)(H2,13,18,19). The van der Waals surface area contributed by atoms with Crippen molar-refractivity contribution in [2.75, 3.05) is 5.32 Å². The highest BCUT2D eigenvalue weighted by atomic mass is 35.5. The molecule has 0 aliphatic heterocycles. The minimum absolute atomic E-state index is 0.0702. The van der Waals surface area contributed by atoms with Gasteiger partial charge < -0.3 is 9.88 Å². The molecule has 9 heteroatoms. The predicted molar refractivity (Wildman–Crippen MR) is 74.0 cm³/mol. The molecule has 2 rings (SSSR count). The number of primary sulfonamides is 1. The predicted octanol–water partition coefficient (Wildman–Crippen LogP) is 0.973. The van der Waals surface area contributed by atoms with Crippen molar-refractivity contribution in [1.29, 1.82) is 0 Å². The molecular weight excluding hydrogens is 304 g/mol. The Kier molecular flexibility index (Phi) is 3.80. The summed E-state index contributed by atoms with van der Waals surface area (Å²) in [5, 5.41) is 7.59. The molecule has 0 aliphatic rings. The van der Waals surface area contributed by atoms with Gasteiger partial charge in [0.25, 0.3) is 5.91 Å². The van der Waals surface area contributed by atoms with Gasteiger partial charge in [0.1, 0.15) is 5.69 Å². The van der Waals surface area contributed by atoms with Crippen LogP contribution in [0.15, 0.2) is 35.6 Å². The molecule has 3 N–H and O–H groups in total. The second-order valence-corrected chi connectivity index (χ2v) is 6.03. The first kappa shape index (κ1) is 14.5. The fraction of sp³-hybridized carbons (Fsp3) is 0.0909. The minimum atomic E-state index is -3.83. The number of benzene rings is 1. The van der Waals surface area contributed by atoms with Crippen molar-refractivity contribution in [2.24, 2.45) is 12.2 Å². The van der Waals surface area contributed by atoms with Crippen molar-refractivity contribution < 1.29 is 13.2 Å². The summed E-state index contributed by atoms with van der Waals surface area (Å²) in [6.07, 6.45) is 3.03. The number of sulfonamides is 1. The molecule has 1 heterocycles. The number of nitrogens with one attached hydrogen (secondary N) is 1. The summed E-state index contributed by atoms with van der Waals surface area (Å²) in [6, 6.07) is 3.79. The molecule has 1 aromatic carbocycles. The number of carbonyl (C=O) groups is 1. The molecule has 0 bridgehead atoms. The highest BCUT2D eigenvalue weighted by Gasteiger charge is 2.14. The molecular formula is C11H11ClN4O3S. The lowest BCUT2D eigenvalue weighted by atomic mass is 10.3. The van der Waals surface area contributed by atoms with Crippen molar-refractivity contribution in [2.45, 2.75) is 4.90 Å². The van der Waals surface area contributed by atoms with Crippen LogP contribution in [0.4, 0.5) is 5.69 Å². The van der Waals surface area contributed by atoms with E-state index in [0.29, 0.717) is 0 Å². The monoisotopic (exact) mass is 314 g/mol. The third-order valence-electron chi connectivity index (χ3n) is 2.45. The summed E-state index contributed by atoms with van der Waals surface area (Å²) in [6.45, 7) is 0. The molecule has 0 spiro atoms. The van der Waals surface area contributed by atoms with Crippen LogP contribution in [0.25, 0.3) is 0 Å². The number of imidazole rings is 1. The Bertz CT molecular complexity index is 770. The van der Waals surface area contributed by atoms with E-state index in [9.17, 15) is 13.2 Å². The van der Waals surface area contributed by atoms with Crippen LogP contribution in [0, 0.1) is 0 Å². The van der Waals surface area contributed by atoms with Gasteiger partial charge in [-0.05, 0) is 18.2 Å². The Labute approximate surface area is 120 Å². The number of hydrogen-bond donors (Lipinski definition) is 2. The first-order valence-corrected chi connectivity index (χ1v) is 7.31. The Hall–Kier alpha value is -1.90. The smallest absolute Gasteiger partial charge is 0.275 e.